The second-order valence-corrected chi connectivity index (χ2v) is 6.84. The summed E-state index contributed by atoms with van der Waals surface area (Å²) in [5, 5.41) is 13.9. The topological polar surface area (TPSA) is 75.6 Å². The molecule has 1 aromatic carbocycles. The van der Waals surface area contributed by atoms with Gasteiger partial charge in [0.1, 0.15) is 0 Å². The zero-order chi connectivity index (χ0) is 16.9. The van der Waals surface area contributed by atoms with Crippen LogP contribution < -0.4 is 5.32 Å². The number of carboxylic acid groups (broad SMARTS) is 1. The van der Waals surface area contributed by atoms with Crippen molar-refractivity contribution in [3.8, 4) is 0 Å². The zero-order valence-electron chi connectivity index (χ0n) is 13.2. The van der Waals surface area contributed by atoms with Crippen LogP contribution in [0.4, 0.5) is 5.69 Å². The third-order valence-corrected chi connectivity index (χ3v) is 4.95. The van der Waals surface area contributed by atoms with Gasteiger partial charge in [0.25, 0.3) is 0 Å². The maximum Gasteiger partial charge on any atom is 0.333 e. The van der Waals surface area contributed by atoms with Crippen molar-refractivity contribution in [2.75, 3.05) is 5.32 Å². The number of anilines is 1. The van der Waals surface area contributed by atoms with Crippen molar-refractivity contribution >= 4 is 28.9 Å². The van der Waals surface area contributed by atoms with Gasteiger partial charge in [-0.05, 0) is 47.5 Å². The van der Waals surface area contributed by atoms with Crippen molar-refractivity contribution in [1.29, 1.82) is 0 Å². The van der Waals surface area contributed by atoms with Crippen LogP contribution in [0, 0.1) is 0 Å². The number of nitrogens with one attached hydrogen (secondary N) is 1. The lowest BCUT2D eigenvalue weighted by Crippen LogP contribution is -2.30. The standard InChI is InChI=1S/C18H19NO4S/c20-17(5-1-3-15-4-2-8-24-15)19-14-7-6-12-10-16(18(21)22)23-11-13(12)9-14/h2,4,6-9,16H,1,3,5,10-11H2,(H,19,20)(H,21,22)/t16-/m0/s1. The predicted molar refractivity (Wildman–Crippen MR) is 92.2 cm³/mol. The van der Waals surface area contributed by atoms with E-state index in [0.717, 1.165) is 29.7 Å². The van der Waals surface area contributed by atoms with Crippen molar-refractivity contribution < 1.29 is 19.4 Å². The Morgan fingerprint density at radius 2 is 2.17 bits per heavy atom. The summed E-state index contributed by atoms with van der Waals surface area (Å²) in [7, 11) is 0. The average molecular weight is 345 g/mol. The highest BCUT2D eigenvalue weighted by Crippen LogP contribution is 2.24. The number of aryl methyl sites for hydroxylation is 1. The summed E-state index contributed by atoms with van der Waals surface area (Å²) in [4.78, 5) is 24.3. The lowest BCUT2D eigenvalue weighted by molar-refractivity contribution is -0.152. The summed E-state index contributed by atoms with van der Waals surface area (Å²) < 4.78 is 5.32. The number of fused-ring (bicyclic) bond motifs is 1. The average Bonchev–Trinajstić information content (AvgIpc) is 3.07. The zero-order valence-corrected chi connectivity index (χ0v) is 14.0. The van der Waals surface area contributed by atoms with E-state index in [1.165, 1.54) is 4.88 Å². The normalized spacial score (nSPS) is 16.4. The van der Waals surface area contributed by atoms with Gasteiger partial charge in [-0.2, -0.15) is 0 Å². The molecular weight excluding hydrogens is 326 g/mol. The fourth-order valence-electron chi connectivity index (χ4n) is 2.75. The van der Waals surface area contributed by atoms with Crippen LogP contribution in [-0.2, 0) is 33.8 Å². The molecule has 0 saturated heterocycles. The van der Waals surface area contributed by atoms with Crippen LogP contribution in [-0.4, -0.2) is 23.1 Å². The Kier molecular flexibility index (Phi) is 5.27. The van der Waals surface area contributed by atoms with Crippen molar-refractivity contribution in [2.45, 2.75) is 38.4 Å². The van der Waals surface area contributed by atoms with E-state index in [2.05, 4.69) is 11.4 Å². The molecule has 1 amide bonds. The molecule has 126 valence electrons. The first-order valence-corrected chi connectivity index (χ1v) is 8.78. The maximum absolute atomic E-state index is 12.0. The Hall–Kier alpha value is -2.18. The van der Waals surface area contributed by atoms with Gasteiger partial charge in [0.2, 0.25) is 5.91 Å². The third-order valence-electron chi connectivity index (χ3n) is 4.02. The monoisotopic (exact) mass is 345 g/mol. The molecule has 2 heterocycles. The number of ether oxygens (including phenoxy) is 1. The fraction of sp³-hybridized carbons (Fsp3) is 0.333. The van der Waals surface area contributed by atoms with E-state index in [1.807, 2.05) is 29.6 Å². The van der Waals surface area contributed by atoms with Crippen LogP contribution >= 0.6 is 11.3 Å². The van der Waals surface area contributed by atoms with Crippen LogP contribution in [0.25, 0.3) is 0 Å². The summed E-state index contributed by atoms with van der Waals surface area (Å²) in [6.07, 6.45) is 1.79. The molecule has 0 aliphatic carbocycles. The van der Waals surface area contributed by atoms with E-state index in [1.54, 1.807) is 11.3 Å². The molecular formula is C18H19NO4S. The number of carboxylic acids is 1. The Bertz CT molecular complexity index is 727. The number of thiophene rings is 1. The molecule has 0 unspecified atom stereocenters. The maximum atomic E-state index is 12.0. The summed E-state index contributed by atoms with van der Waals surface area (Å²) >= 11 is 1.71. The highest BCUT2D eigenvalue weighted by molar-refractivity contribution is 7.09. The minimum Gasteiger partial charge on any atom is -0.479 e. The lowest BCUT2D eigenvalue weighted by Gasteiger charge is -2.22. The van der Waals surface area contributed by atoms with Crippen LogP contribution in [0.5, 0.6) is 0 Å². The lowest BCUT2D eigenvalue weighted by atomic mass is 9.98. The number of benzene rings is 1. The molecule has 1 aliphatic rings. The SMILES string of the molecule is O=C(CCCc1cccs1)Nc1ccc2c(c1)CO[C@H](C(=O)O)C2. The van der Waals surface area contributed by atoms with Gasteiger partial charge in [0.15, 0.2) is 6.10 Å². The van der Waals surface area contributed by atoms with Crippen LogP contribution in [0.3, 0.4) is 0 Å². The first-order valence-electron chi connectivity index (χ1n) is 7.90. The molecule has 1 atom stereocenters. The molecule has 24 heavy (non-hydrogen) atoms. The Balaban J connectivity index is 1.52. The third kappa shape index (κ3) is 4.21. The molecule has 2 N–H and O–H groups in total. The first kappa shape index (κ1) is 16.7. The summed E-state index contributed by atoms with van der Waals surface area (Å²) in [6, 6.07) is 9.65. The van der Waals surface area contributed by atoms with Gasteiger partial charge in [0.05, 0.1) is 6.61 Å². The van der Waals surface area contributed by atoms with Gasteiger partial charge in [-0.15, -0.1) is 11.3 Å². The summed E-state index contributed by atoms with van der Waals surface area (Å²) in [5.41, 5.74) is 2.63. The molecule has 1 aliphatic heterocycles. The molecule has 6 heteroatoms. The van der Waals surface area contributed by atoms with Gasteiger partial charge >= 0.3 is 5.97 Å². The number of carbonyl (C=O) groups is 2. The highest BCUT2D eigenvalue weighted by atomic mass is 32.1. The van der Waals surface area contributed by atoms with E-state index >= 15 is 0 Å². The van der Waals surface area contributed by atoms with Crippen molar-refractivity contribution in [3.05, 3.63) is 51.7 Å². The Labute approximate surface area is 144 Å². The predicted octanol–water partition coefficient (Wildman–Crippen LogP) is 3.24. The molecule has 5 nitrogen and oxygen atoms in total. The van der Waals surface area contributed by atoms with Gasteiger partial charge in [0, 0.05) is 23.4 Å². The quantitative estimate of drug-likeness (QED) is 0.843. The van der Waals surface area contributed by atoms with Gasteiger partial charge in [-0.25, -0.2) is 4.79 Å². The number of hydrogen-bond donors (Lipinski definition) is 2. The van der Waals surface area contributed by atoms with Crippen molar-refractivity contribution in [3.63, 3.8) is 0 Å². The fourth-order valence-corrected chi connectivity index (χ4v) is 3.50. The molecule has 2 aromatic rings. The molecule has 0 saturated carbocycles. The molecule has 0 radical (unpaired) electrons. The van der Waals surface area contributed by atoms with E-state index in [0.29, 0.717) is 12.8 Å². The summed E-state index contributed by atoms with van der Waals surface area (Å²) in [5.74, 6) is -0.949. The Morgan fingerprint density at radius 1 is 1.29 bits per heavy atom. The van der Waals surface area contributed by atoms with Crippen LogP contribution in [0.2, 0.25) is 0 Å². The minimum atomic E-state index is -0.941. The van der Waals surface area contributed by atoms with Crippen LogP contribution in [0.1, 0.15) is 28.8 Å². The number of hydrogen-bond acceptors (Lipinski definition) is 4. The van der Waals surface area contributed by atoms with Gasteiger partial charge in [-0.3, -0.25) is 4.79 Å². The minimum absolute atomic E-state index is 0.00773. The van der Waals surface area contributed by atoms with E-state index in [-0.39, 0.29) is 12.5 Å². The number of rotatable bonds is 6. The second kappa shape index (κ2) is 7.59. The molecule has 3 rings (SSSR count). The number of amides is 1. The van der Waals surface area contributed by atoms with Crippen molar-refractivity contribution in [2.24, 2.45) is 0 Å². The van der Waals surface area contributed by atoms with Gasteiger partial charge in [-0.1, -0.05) is 12.1 Å². The smallest absolute Gasteiger partial charge is 0.333 e. The summed E-state index contributed by atoms with van der Waals surface area (Å²) in [6.45, 7) is 0.258. The largest absolute Gasteiger partial charge is 0.479 e. The highest BCUT2D eigenvalue weighted by Gasteiger charge is 2.25. The van der Waals surface area contributed by atoms with Gasteiger partial charge < -0.3 is 15.2 Å². The molecule has 0 bridgehead atoms. The van der Waals surface area contributed by atoms with Crippen molar-refractivity contribution in [1.82, 2.24) is 0 Å². The molecule has 0 spiro atoms. The first-order chi connectivity index (χ1) is 11.6. The number of aliphatic carboxylic acids is 1. The number of carbonyl (C=O) groups excluding carboxylic acids is 1. The molecule has 1 aromatic heterocycles. The van der Waals surface area contributed by atoms with E-state index in [9.17, 15) is 9.59 Å². The molecule has 0 fully saturated rings. The van der Waals surface area contributed by atoms with Crippen LogP contribution in [0.15, 0.2) is 35.7 Å². The van der Waals surface area contributed by atoms with E-state index in [4.69, 9.17) is 9.84 Å². The van der Waals surface area contributed by atoms with E-state index < -0.39 is 12.1 Å². The second-order valence-electron chi connectivity index (χ2n) is 5.81. The Morgan fingerprint density at radius 3 is 2.92 bits per heavy atom.